The van der Waals surface area contributed by atoms with Gasteiger partial charge in [-0.1, -0.05) is 11.6 Å². The van der Waals surface area contributed by atoms with E-state index in [0.717, 1.165) is 26.1 Å². The van der Waals surface area contributed by atoms with Crippen molar-refractivity contribution in [3.63, 3.8) is 0 Å². The molecule has 33 heavy (non-hydrogen) atoms. The van der Waals surface area contributed by atoms with Crippen LogP contribution in [-0.2, 0) is 20.8 Å². The summed E-state index contributed by atoms with van der Waals surface area (Å²) in [5.74, 6) is -0.705. The van der Waals surface area contributed by atoms with Crippen molar-refractivity contribution in [2.45, 2.75) is 71.1 Å². The standard InChI is InChI=1S/C23H30ClN5O4/c1-13(21(31)33-23(2,3)4)29-12-18-16(20(29)30)9-14(10-25-18)19-17(24)11-26-22(28-19)27-15-5-7-32-8-6-15/h9-11,13,15,22,26-27H,5-8,12H2,1-4H3/t13-,22?/m1/s1. The van der Waals surface area contributed by atoms with Crippen molar-refractivity contribution in [1.82, 2.24) is 20.5 Å². The Labute approximate surface area is 198 Å². The van der Waals surface area contributed by atoms with Gasteiger partial charge < -0.3 is 19.7 Å². The molecule has 2 N–H and O–H groups in total. The molecule has 10 heteroatoms. The molecule has 4 heterocycles. The Hall–Kier alpha value is -2.49. The Morgan fingerprint density at radius 1 is 1.36 bits per heavy atom. The quantitative estimate of drug-likeness (QED) is 0.629. The molecule has 1 fully saturated rings. The Bertz CT molecular complexity index is 997. The number of amides is 1. The summed E-state index contributed by atoms with van der Waals surface area (Å²) in [5, 5.41) is 7.05. The van der Waals surface area contributed by atoms with E-state index >= 15 is 0 Å². The number of hydrogen-bond donors (Lipinski definition) is 2. The van der Waals surface area contributed by atoms with Gasteiger partial charge in [0.2, 0.25) is 0 Å². The van der Waals surface area contributed by atoms with E-state index in [1.165, 1.54) is 4.90 Å². The van der Waals surface area contributed by atoms with E-state index in [1.54, 1.807) is 46.2 Å². The molecule has 9 nitrogen and oxygen atoms in total. The number of nitrogens with one attached hydrogen (secondary N) is 2. The molecule has 0 radical (unpaired) electrons. The van der Waals surface area contributed by atoms with Gasteiger partial charge in [-0.2, -0.15) is 0 Å². The molecule has 2 atom stereocenters. The number of nitrogens with zero attached hydrogens (tertiary/aromatic N) is 3. The fraction of sp³-hybridized carbons (Fsp3) is 0.565. The zero-order valence-corrected chi connectivity index (χ0v) is 20.1. The van der Waals surface area contributed by atoms with Crippen molar-refractivity contribution in [3.05, 3.63) is 40.3 Å². The summed E-state index contributed by atoms with van der Waals surface area (Å²) in [5.41, 5.74) is 1.64. The highest BCUT2D eigenvalue weighted by atomic mass is 35.5. The van der Waals surface area contributed by atoms with Gasteiger partial charge >= 0.3 is 5.97 Å². The van der Waals surface area contributed by atoms with E-state index in [0.29, 0.717) is 33.6 Å². The van der Waals surface area contributed by atoms with Gasteiger partial charge in [-0.25, -0.2) is 9.79 Å². The molecule has 1 unspecified atom stereocenters. The predicted octanol–water partition coefficient (Wildman–Crippen LogP) is 2.29. The van der Waals surface area contributed by atoms with Gasteiger partial charge in [0, 0.05) is 37.2 Å². The van der Waals surface area contributed by atoms with Crippen molar-refractivity contribution in [1.29, 1.82) is 0 Å². The first-order valence-electron chi connectivity index (χ1n) is 11.2. The van der Waals surface area contributed by atoms with Gasteiger partial charge in [0.1, 0.15) is 11.6 Å². The fourth-order valence-electron chi connectivity index (χ4n) is 3.98. The topological polar surface area (TPSA) is 105 Å². The SMILES string of the molecule is C[C@H](C(=O)OC(C)(C)C)N1Cc2ncc(C3=NC(NC4CCOCC4)NC=C3Cl)cc2C1=O. The third-order valence-electron chi connectivity index (χ3n) is 5.74. The number of fused-ring (bicyclic) bond motifs is 1. The highest BCUT2D eigenvalue weighted by molar-refractivity contribution is 6.46. The lowest BCUT2D eigenvalue weighted by atomic mass is 10.1. The highest BCUT2D eigenvalue weighted by Crippen LogP contribution is 2.27. The lowest BCUT2D eigenvalue weighted by molar-refractivity contribution is -0.159. The van der Waals surface area contributed by atoms with Crippen molar-refractivity contribution >= 4 is 29.2 Å². The predicted molar refractivity (Wildman–Crippen MR) is 124 cm³/mol. The average Bonchev–Trinajstić information content (AvgIpc) is 3.10. The minimum Gasteiger partial charge on any atom is -0.458 e. The van der Waals surface area contributed by atoms with Gasteiger partial charge in [-0.15, -0.1) is 0 Å². The molecular formula is C23H30ClN5O4. The van der Waals surface area contributed by atoms with Crippen LogP contribution in [0.2, 0.25) is 0 Å². The second-order valence-electron chi connectivity index (χ2n) is 9.45. The van der Waals surface area contributed by atoms with Crippen LogP contribution in [0.4, 0.5) is 0 Å². The molecule has 1 aromatic rings. The number of hydrogen-bond acceptors (Lipinski definition) is 8. The van der Waals surface area contributed by atoms with Crippen LogP contribution in [0.1, 0.15) is 62.2 Å². The summed E-state index contributed by atoms with van der Waals surface area (Å²) in [6.07, 6.45) is 4.87. The molecule has 1 aromatic heterocycles. The molecule has 0 aromatic carbocycles. The maximum absolute atomic E-state index is 13.1. The number of halogens is 1. The van der Waals surface area contributed by atoms with Crippen molar-refractivity contribution < 1.29 is 19.1 Å². The number of carbonyl (C=O) groups excluding carboxylic acids is 2. The third-order valence-corrected chi connectivity index (χ3v) is 6.03. The Balaban J connectivity index is 1.51. The zero-order valence-electron chi connectivity index (χ0n) is 19.4. The number of aromatic nitrogens is 1. The summed E-state index contributed by atoms with van der Waals surface area (Å²) in [6.45, 7) is 8.77. The highest BCUT2D eigenvalue weighted by Gasteiger charge is 2.37. The van der Waals surface area contributed by atoms with E-state index in [-0.39, 0.29) is 18.7 Å². The number of rotatable bonds is 5. The Morgan fingerprint density at radius 3 is 2.79 bits per heavy atom. The smallest absolute Gasteiger partial charge is 0.329 e. The van der Waals surface area contributed by atoms with Crippen LogP contribution in [0.15, 0.2) is 28.5 Å². The van der Waals surface area contributed by atoms with Crippen LogP contribution in [0, 0.1) is 0 Å². The molecule has 4 rings (SSSR count). The van der Waals surface area contributed by atoms with Crippen LogP contribution in [0.3, 0.4) is 0 Å². The molecular weight excluding hydrogens is 446 g/mol. The van der Waals surface area contributed by atoms with Crippen LogP contribution in [0.5, 0.6) is 0 Å². The summed E-state index contributed by atoms with van der Waals surface area (Å²) in [7, 11) is 0. The maximum atomic E-state index is 13.1. The molecule has 0 saturated carbocycles. The fourth-order valence-corrected chi connectivity index (χ4v) is 4.20. The van der Waals surface area contributed by atoms with Crippen molar-refractivity contribution in [2.75, 3.05) is 13.2 Å². The lowest BCUT2D eigenvalue weighted by Gasteiger charge is -2.29. The first-order chi connectivity index (χ1) is 15.6. The van der Waals surface area contributed by atoms with Crippen LogP contribution in [-0.4, -0.2) is 64.7 Å². The van der Waals surface area contributed by atoms with E-state index in [1.807, 2.05) is 0 Å². The number of aliphatic imine (C=N–C) groups is 1. The number of esters is 1. The van der Waals surface area contributed by atoms with E-state index in [2.05, 4.69) is 15.6 Å². The second kappa shape index (κ2) is 9.40. The molecule has 0 spiro atoms. The minimum absolute atomic E-state index is 0.250. The van der Waals surface area contributed by atoms with Gasteiger partial charge in [0.05, 0.1) is 28.5 Å². The zero-order chi connectivity index (χ0) is 23.8. The molecule has 3 aliphatic heterocycles. The minimum atomic E-state index is -0.720. The molecule has 1 saturated heterocycles. The number of allylic oxidation sites excluding steroid dienone is 1. The van der Waals surface area contributed by atoms with Gasteiger partial charge in [0.25, 0.3) is 5.91 Å². The molecule has 1 amide bonds. The van der Waals surface area contributed by atoms with Crippen LogP contribution in [0.25, 0.3) is 0 Å². The van der Waals surface area contributed by atoms with Crippen molar-refractivity contribution in [3.8, 4) is 0 Å². The number of pyridine rings is 1. The Kier molecular flexibility index (Phi) is 6.74. The lowest BCUT2D eigenvalue weighted by Crippen LogP contribution is -2.48. The number of ether oxygens (including phenoxy) is 2. The van der Waals surface area contributed by atoms with Crippen molar-refractivity contribution in [2.24, 2.45) is 4.99 Å². The van der Waals surface area contributed by atoms with E-state index in [9.17, 15) is 9.59 Å². The molecule has 0 aliphatic carbocycles. The second-order valence-corrected chi connectivity index (χ2v) is 9.86. The largest absolute Gasteiger partial charge is 0.458 e. The summed E-state index contributed by atoms with van der Waals surface area (Å²) in [4.78, 5) is 36.3. The van der Waals surface area contributed by atoms with Crippen LogP contribution < -0.4 is 10.6 Å². The molecule has 3 aliphatic rings. The van der Waals surface area contributed by atoms with Gasteiger partial charge in [-0.05, 0) is 46.6 Å². The average molecular weight is 476 g/mol. The van der Waals surface area contributed by atoms with Gasteiger partial charge in [-0.3, -0.25) is 15.1 Å². The van der Waals surface area contributed by atoms with E-state index < -0.39 is 17.6 Å². The Morgan fingerprint density at radius 2 is 2.09 bits per heavy atom. The number of carbonyl (C=O) groups is 2. The first kappa shape index (κ1) is 23.7. The normalized spacial score (nSPS) is 22.3. The van der Waals surface area contributed by atoms with E-state index in [4.69, 9.17) is 26.1 Å². The third kappa shape index (κ3) is 5.37. The maximum Gasteiger partial charge on any atom is 0.329 e. The molecule has 0 bridgehead atoms. The first-order valence-corrected chi connectivity index (χ1v) is 11.6. The molecule has 178 valence electrons. The summed E-state index contributed by atoms with van der Waals surface area (Å²) >= 11 is 6.43. The summed E-state index contributed by atoms with van der Waals surface area (Å²) in [6, 6.07) is 1.33. The van der Waals surface area contributed by atoms with Crippen LogP contribution >= 0.6 is 11.6 Å². The van der Waals surface area contributed by atoms with Gasteiger partial charge in [0.15, 0.2) is 6.29 Å². The summed E-state index contributed by atoms with van der Waals surface area (Å²) < 4.78 is 10.9. The monoisotopic (exact) mass is 475 g/mol.